The molecule has 1 heterocycles. The summed E-state index contributed by atoms with van der Waals surface area (Å²) >= 11 is 3.75. The van der Waals surface area contributed by atoms with Crippen molar-refractivity contribution in [1.29, 1.82) is 0 Å². The van der Waals surface area contributed by atoms with Gasteiger partial charge in [-0.1, -0.05) is 32.1 Å². The molecule has 0 aromatic carbocycles. The number of hydrogen-bond donors (Lipinski definition) is 1. The van der Waals surface area contributed by atoms with Crippen LogP contribution < -0.4 is 5.73 Å². The summed E-state index contributed by atoms with van der Waals surface area (Å²) in [5, 5.41) is 10.9. The number of thiophene rings is 1. The summed E-state index contributed by atoms with van der Waals surface area (Å²) in [6.45, 7) is 1.74. The average molecular weight is 427 g/mol. The Kier molecular flexibility index (Phi) is 10.2. The van der Waals surface area contributed by atoms with Crippen LogP contribution in [0.3, 0.4) is 0 Å². The van der Waals surface area contributed by atoms with Gasteiger partial charge in [0.05, 0.1) is 4.92 Å². The zero-order valence-corrected chi connectivity index (χ0v) is 18.8. The molecule has 2 N–H and O–H groups in total. The van der Waals surface area contributed by atoms with Crippen molar-refractivity contribution < 1.29 is 4.92 Å². The third kappa shape index (κ3) is 8.41. The lowest BCUT2D eigenvalue weighted by atomic mass is 9.95. The standard InChI is InChI=1S/C20H34N4O2S2/c1-22(2)14-18-10-11-19(28-18)16-27-13-12-23(20(21)15-24(25)26)17-8-6-4-3-5-7-9-17/h10-11,15,17H,3-9,12-14,16,21H2,1-2H3. The van der Waals surface area contributed by atoms with Crippen LogP contribution in [0.4, 0.5) is 0 Å². The van der Waals surface area contributed by atoms with Crippen LogP contribution in [-0.4, -0.2) is 47.2 Å². The van der Waals surface area contributed by atoms with E-state index in [1.54, 1.807) is 0 Å². The molecule has 0 atom stereocenters. The van der Waals surface area contributed by atoms with E-state index in [1.807, 2.05) is 23.1 Å². The van der Waals surface area contributed by atoms with Gasteiger partial charge in [-0.3, -0.25) is 10.1 Å². The SMILES string of the molecule is CN(C)Cc1ccc(CSCCN(C(N)=C[N+](=O)[O-])C2CCCCCCC2)s1. The first-order valence-corrected chi connectivity index (χ1v) is 12.1. The first-order chi connectivity index (χ1) is 13.5. The van der Waals surface area contributed by atoms with E-state index in [4.69, 9.17) is 5.73 Å². The Labute approximate surface area is 177 Å². The minimum atomic E-state index is -0.434. The summed E-state index contributed by atoms with van der Waals surface area (Å²) in [6, 6.07) is 4.74. The van der Waals surface area contributed by atoms with Crippen molar-refractivity contribution >= 4 is 23.1 Å². The van der Waals surface area contributed by atoms with Gasteiger partial charge < -0.3 is 15.5 Å². The van der Waals surface area contributed by atoms with Crippen LogP contribution in [-0.2, 0) is 12.3 Å². The summed E-state index contributed by atoms with van der Waals surface area (Å²) in [5.41, 5.74) is 6.12. The van der Waals surface area contributed by atoms with E-state index in [0.29, 0.717) is 11.9 Å². The minimum Gasteiger partial charge on any atom is -0.380 e. The summed E-state index contributed by atoms with van der Waals surface area (Å²) < 4.78 is 0. The number of rotatable bonds is 10. The van der Waals surface area contributed by atoms with Gasteiger partial charge in [0.15, 0.2) is 5.82 Å². The van der Waals surface area contributed by atoms with Crippen molar-refractivity contribution in [1.82, 2.24) is 9.80 Å². The van der Waals surface area contributed by atoms with Crippen LogP contribution >= 0.6 is 23.1 Å². The predicted molar refractivity (Wildman–Crippen MR) is 120 cm³/mol. The molecular weight excluding hydrogens is 392 g/mol. The molecule has 0 unspecified atom stereocenters. The van der Waals surface area contributed by atoms with E-state index in [2.05, 4.69) is 36.0 Å². The second-order valence-corrected chi connectivity index (χ2v) is 10.0. The zero-order valence-electron chi connectivity index (χ0n) is 17.1. The van der Waals surface area contributed by atoms with Gasteiger partial charge in [0.2, 0.25) is 0 Å². The molecule has 0 spiro atoms. The highest BCUT2D eigenvalue weighted by molar-refractivity contribution is 7.98. The Hall–Kier alpha value is -1.25. The van der Waals surface area contributed by atoms with Gasteiger partial charge in [-0.05, 0) is 39.1 Å². The number of nitro groups is 1. The Bertz CT molecular complexity index is 625. The number of nitrogens with two attached hydrogens (primary N) is 1. The molecule has 1 aliphatic rings. The molecule has 6 nitrogen and oxygen atoms in total. The quantitative estimate of drug-likeness (QED) is 0.337. The molecule has 1 saturated carbocycles. The maximum atomic E-state index is 10.9. The fourth-order valence-corrected chi connectivity index (χ4v) is 5.87. The van der Waals surface area contributed by atoms with Crippen LogP contribution in [0.2, 0.25) is 0 Å². The average Bonchev–Trinajstić information content (AvgIpc) is 3.01. The molecule has 0 radical (unpaired) electrons. The highest BCUT2D eigenvalue weighted by Gasteiger charge is 2.21. The second-order valence-electron chi connectivity index (χ2n) is 7.69. The van der Waals surface area contributed by atoms with Crippen molar-refractivity contribution in [3.8, 4) is 0 Å². The van der Waals surface area contributed by atoms with Gasteiger partial charge in [0.25, 0.3) is 6.20 Å². The smallest absolute Gasteiger partial charge is 0.274 e. The first kappa shape index (κ1) is 23.0. The van der Waals surface area contributed by atoms with Gasteiger partial charge in [0, 0.05) is 40.4 Å². The highest BCUT2D eigenvalue weighted by atomic mass is 32.2. The van der Waals surface area contributed by atoms with Gasteiger partial charge in [0.1, 0.15) is 0 Å². The summed E-state index contributed by atoms with van der Waals surface area (Å²) in [7, 11) is 4.17. The number of nitrogens with zero attached hydrogens (tertiary/aromatic N) is 3. The maximum Gasteiger partial charge on any atom is 0.274 e. The van der Waals surface area contributed by atoms with Gasteiger partial charge in [-0.25, -0.2) is 0 Å². The fraction of sp³-hybridized carbons (Fsp3) is 0.700. The van der Waals surface area contributed by atoms with E-state index in [0.717, 1.165) is 43.6 Å². The molecule has 1 fully saturated rings. The van der Waals surface area contributed by atoms with Crippen molar-refractivity contribution in [2.24, 2.45) is 5.73 Å². The molecule has 0 saturated heterocycles. The van der Waals surface area contributed by atoms with Crippen molar-refractivity contribution in [3.05, 3.63) is 44.0 Å². The molecular formula is C20H34N4O2S2. The lowest BCUT2D eigenvalue weighted by Gasteiger charge is -2.34. The molecule has 8 heteroatoms. The van der Waals surface area contributed by atoms with Crippen LogP contribution in [0.1, 0.15) is 54.7 Å². The Balaban J connectivity index is 1.88. The monoisotopic (exact) mass is 426 g/mol. The fourth-order valence-electron chi connectivity index (χ4n) is 3.68. The molecule has 1 aromatic heterocycles. The molecule has 1 aromatic rings. The van der Waals surface area contributed by atoms with E-state index < -0.39 is 4.92 Å². The van der Waals surface area contributed by atoms with E-state index in [9.17, 15) is 10.1 Å². The Morgan fingerprint density at radius 2 is 1.89 bits per heavy atom. The van der Waals surface area contributed by atoms with Gasteiger partial charge in [-0.2, -0.15) is 11.8 Å². The number of hydrogen-bond acceptors (Lipinski definition) is 7. The topological polar surface area (TPSA) is 75.6 Å². The zero-order chi connectivity index (χ0) is 20.4. The van der Waals surface area contributed by atoms with Crippen LogP contribution in [0.5, 0.6) is 0 Å². The summed E-state index contributed by atoms with van der Waals surface area (Å²) in [6.07, 6.45) is 9.31. The van der Waals surface area contributed by atoms with Crippen LogP contribution in [0.15, 0.2) is 24.2 Å². The third-order valence-electron chi connectivity index (χ3n) is 5.00. The van der Waals surface area contributed by atoms with Crippen molar-refractivity contribution in [2.75, 3.05) is 26.4 Å². The highest BCUT2D eigenvalue weighted by Crippen LogP contribution is 2.25. The minimum absolute atomic E-state index is 0.306. The lowest BCUT2D eigenvalue weighted by molar-refractivity contribution is -0.404. The summed E-state index contributed by atoms with van der Waals surface area (Å²) in [4.78, 5) is 17.5. The van der Waals surface area contributed by atoms with Crippen molar-refractivity contribution in [3.63, 3.8) is 0 Å². The van der Waals surface area contributed by atoms with Crippen LogP contribution in [0, 0.1) is 10.1 Å². The maximum absolute atomic E-state index is 10.9. The molecule has 2 rings (SSSR count). The van der Waals surface area contributed by atoms with Crippen LogP contribution in [0.25, 0.3) is 0 Å². The number of thioether (sulfide) groups is 1. The van der Waals surface area contributed by atoms with E-state index >= 15 is 0 Å². The van der Waals surface area contributed by atoms with Gasteiger partial charge >= 0.3 is 0 Å². The van der Waals surface area contributed by atoms with Crippen molar-refractivity contribution in [2.45, 2.75) is 63.3 Å². The summed E-state index contributed by atoms with van der Waals surface area (Å²) in [5.74, 6) is 2.21. The van der Waals surface area contributed by atoms with Gasteiger partial charge in [-0.15, -0.1) is 11.3 Å². The largest absolute Gasteiger partial charge is 0.380 e. The normalized spacial score (nSPS) is 16.8. The second kappa shape index (κ2) is 12.3. The van der Waals surface area contributed by atoms with E-state index in [1.165, 1.54) is 41.9 Å². The third-order valence-corrected chi connectivity index (χ3v) is 7.23. The Morgan fingerprint density at radius 1 is 1.25 bits per heavy atom. The van der Waals surface area contributed by atoms with E-state index in [-0.39, 0.29) is 0 Å². The lowest BCUT2D eigenvalue weighted by Crippen LogP contribution is -2.40. The molecule has 0 bridgehead atoms. The molecule has 1 aliphatic carbocycles. The Morgan fingerprint density at radius 3 is 2.54 bits per heavy atom. The molecule has 0 amide bonds. The molecule has 0 aliphatic heterocycles. The molecule has 28 heavy (non-hydrogen) atoms. The predicted octanol–water partition coefficient (Wildman–Crippen LogP) is 4.49. The first-order valence-electron chi connectivity index (χ1n) is 10.1. The molecule has 158 valence electrons.